The van der Waals surface area contributed by atoms with Gasteiger partial charge in [0, 0.05) is 10.9 Å². The first-order chi connectivity index (χ1) is 7.43. The summed E-state index contributed by atoms with van der Waals surface area (Å²) in [5.41, 5.74) is 0. The predicted octanol–water partition coefficient (Wildman–Crippen LogP) is 0.883. The van der Waals surface area contributed by atoms with Crippen LogP contribution in [0.4, 0.5) is 4.79 Å². The van der Waals surface area contributed by atoms with Crippen molar-refractivity contribution in [2.75, 3.05) is 7.11 Å². The summed E-state index contributed by atoms with van der Waals surface area (Å²) in [5, 5.41) is 0. The maximum atomic E-state index is 11.4. The Labute approximate surface area is 103 Å². The van der Waals surface area contributed by atoms with Gasteiger partial charge in [-0.05, 0) is 25.7 Å². The molecule has 8 heteroatoms. The Balaban J connectivity index is 2.44. The number of rotatable bonds is 3. The minimum Gasteiger partial charge on any atom is -0.452 e. The maximum absolute atomic E-state index is 11.4. The Morgan fingerprint density at radius 3 is 2.38 bits per heavy atom. The van der Waals surface area contributed by atoms with E-state index in [0.717, 1.165) is 32.8 Å². The average molecular weight is 315 g/mol. The summed E-state index contributed by atoms with van der Waals surface area (Å²) >= 11 is 3.48. The van der Waals surface area contributed by atoms with Crippen LogP contribution in [0.2, 0.25) is 0 Å². The van der Waals surface area contributed by atoms with Crippen molar-refractivity contribution in [1.29, 1.82) is 0 Å². The van der Waals surface area contributed by atoms with E-state index in [9.17, 15) is 13.2 Å². The van der Waals surface area contributed by atoms with Crippen molar-refractivity contribution >= 4 is 32.2 Å². The van der Waals surface area contributed by atoms with E-state index in [1.165, 1.54) is 0 Å². The zero-order valence-corrected chi connectivity index (χ0v) is 11.3. The maximum Gasteiger partial charge on any atom is 0.421 e. The highest BCUT2D eigenvalue weighted by Gasteiger charge is 2.24. The van der Waals surface area contributed by atoms with Gasteiger partial charge in [0.15, 0.2) is 0 Å². The highest BCUT2D eigenvalue weighted by atomic mass is 79.9. The van der Waals surface area contributed by atoms with Gasteiger partial charge < -0.3 is 4.74 Å². The Bertz CT molecular complexity index is 338. The smallest absolute Gasteiger partial charge is 0.421 e. The fourth-order valence-electron chi connectivity index (χ4n) is 1.57. The van der Waals surface area contributed by atoms with Gasteiger partial charge in [-0.3, -0.25) is 0 Å². The lowest BCUT2D eigenvalue weighted by Gasteiger charge is -2.25. The van der Waals surface area contributed by atoms with Crippen molar-refractivity contribution in [3.63, 3.8) is 0 Å². The number of ether oxygens (including phenoxy) is 1. The van der Waals surface area contributed by atoms with Gasteiger partial charge in [-0.15, -0.1) is 0 Å². The SMILES string of the molecule is COC(=O)NS(=O)(=O)NC1CCC(Br)CC1. The van der Waals surface area contributed by atoms with Crippen LogP contribution in [0.25, 0.3) is 0 Å². The topological polar surface area (TPSA) is 84.5 Å². The Morgan fingerprint density at radius 1 is 1.31 bits per heavy atom. The van der Waals surface area contributed by atoms with Crippen LogP contribution in [0.3, 0.4) is 0 Å². The van der Waals surface area contributed by atoms with E-state index < -0.39 is 16.3 Å². The molecule has 2 N–H and O–H groups in total. The van der Waals surface area contributed by atoms with E-state index in [-0.39, 0.29) is 6.04 Å². The summed E-state index contributed by atoms with van der Waals surface area (Å²) in [6, 6.07) is -0.115. The van der Waals surface area contributed by atoms with Crippen LogP contribution in [0.1, 0.15) is 25.7 Å². The molecule has 0 unspecified atom stereocenters. The van der Waals surface area contributed by atoms with Crippen molar-refractivity contribution < 1.29 is 17.9 Å². The Kier molecular flexibility index (Phi) is 5.00. The average Bonchev–Trinajstić information content (AvgIpc) is 2.20. The molecule has 0 aromatic rings. The van der Waals surface area contributed by atoms with Crippen molar-refractivity contribution in [3.05, 3.63) is 0 Å². The monoisotopic (exact) mass is 314 g/mol. The van der Waals surface area contributed by atoms with Crippen LogP contribution in [-0.2, 0) is 14.9 Å². The zero-order valence-electron chi connectivity index (χ0n) is 8.90. The molecule has 94 valence electrons. The normalized spacial score (nSPS) is 26.1. The quantitative estimate of drug-likeness (QED) is 0.757. The molecule has 0 aliphatic heterocycles. The molecule has 0 heterocycles. The molecule has 6 nitrogen and oxygen atoms in total. The Morgan fingerprint density at radius 2 is 1.88 bits per heavy atom. The molecule has 1 aliphatic carbocycles. The lowest BCUT2D eigenvalue weighted by molar-refractivity contribution is 0.177. The molecule has 1 aliphatic rings. The van der Waals surface area contributed by atoms with Gasteiger partial charge in [0.2, 0.25) is 0 Å². The molecule has 0 spiro atoms. The molecule has 1 amide bonds. The summed E-state index contributed by atoms with van der Waals surface area (Å²) < 4.78 is 31.2. The standard InChI is InChI=1S/C8H15BrN2O4S/c1-15-8(12)11-16(13,14)10-7-4-2-6(9)3-5-7/h6-7,10H,2-5H2,1H3,(H,11,12). The molecule has 0 radical (unpaired) electrons. The summed E-state index contributed by atoms with van der Waals surface area (Å²) in [5.74, 6) is 0. The number of carbonyl (C=O) groups is 1. The number of halogens is 1. The third kappa shape index (κ3) is 4.67. The first-order valence-electron chi connectivity index (χ1n) is 4.95. The van der Waals surface area contributed by atoms with Gasteiger partial charge in [0.25, 0.3) is 0 Å². The van der Waals surface area contributed by atoms with Gasteiger partial charge in [-0.1, -0.05) is 15.9 Å². The van der Waals surface area contributed by atoms with E-state index in [1.54, 1.807) is 4.72 Å². The first kappa shape index (κ1) is 13.7. The van der Waals surface area contributed by atoms with Crippen molar-refractivity contribution in [2.24, 2.45) is 0 Å². The second kappa shape index (κ2) is 5.83. The van der Waals surface area contributed by atoms with E-state index in [2.05, 4.69) is 25.4 Å². The van der Waals surface area contributed by atoms with Crippen LogP contribution in [0.15, 0.2) is 0 Å². The third-order valence-corrected chi connectivity index (χ3v) is 4.38. The fraction of sp³-hybridized carbons (Fsp3) is 0.875. The minimum atomic E-state index is -3.80. The van der Waals surface area contributed by atoms with Crippen molar-refractivity contribution in [2.45, 2.75) is 36.6 Å². The summed E-state index contributed by atoms with van der Waals surface area (Å²) in [7, 11) is -2.69. The van der Waals surface area contributed by atoms with E-state index in [0.29, 0.717) is 4.83 Å². The first-order valence-corrected chi connectivity index (χ1v) is 7.35. The highest BCUT2D eigenvalue weighted by Crippen LogP contribution is 2.24. The molecule has 1 rings (SSSR count). The van der Waals surface area contributed by atoms with Gasteiger partial charge in [-0.25, -0.2) is 9.52 Å². The third-order valence-electron chi connectivity index (χ3n) is 2.38. The number of hydrogen-bond donors (Lipinski definition) is 2. The summed E-state index contributed by atoms with van der Waals surface area (Å²) in [4.78, 5) is 11.2. The molecule has 0 bridgehead atoms. The van der Waals surface area contributed by atoms with Crippen molar-refractivity contribution in [3.8, 4) is 0 Å². The number of hydrogen-bond acceptors (Lipinski definition) is 4. The molecule has 1 fully saturated rings. The number of nitrogens with one attached hydrogen (secondary N) is 2. The lowest BCUT2D eigenvalue weighted by Crippen LogP contribution is -2.46. The number of carbonyl (C=O) groups excluding carboxylic acids is 1. The lowest BCUT2D eigenvalue weighted by atomic mass is 9.96. The molecular formula is C8H15BrN2O4S. The van der Waals surface area contributed by atoms with Crippen molar-refractivity contribution in [1.82, 2.24) is 9.44 Å². The van der Waals surface area contributed by atoms with Gasteiger partial charge in [-0.2, -0.15) is 13.1 Å². The molecule has 0 aromatic heterocycles. The van der Waals surface area contributed by atoms with Crippen LogP contribution < -0.4 is 9.44 Å². The summed E-state index contributed by atoms with van der Waals surface area (Å²) in [6.07, 6.45) is 2.38. The zero-order chi connectivity index (χ0) is 12.2. The summed E-state index contributed by atoms with van der Waals surface area (Å²) in [6.45, 7) is 0. The Hall–Kier alpha value is -0.340. The fourth-order valence-corrected chi connectivity index (χ4v) is 3.14. The highest BCUT2D eigenvalue weighted by molar-refractivity contribution is 9.09. The van der Waals surface area contributed by atoms with Gasteiger partial charge in [0.1, 0.15) is 0 Å². The molecular weight excluding hydrogens is 300 g/mol. The van der Waals surface area contributed by atoms with Gasteiger partial charge in [0.05, 0.1) is 7.11 Å². The molecule has 0 aromatic carbocycles. The van der Waals surface area contributed by atoms with Crippen LogP contribution >= 0.6 is 15.9 Å². The largest absolute Gasteiger partial charge is 0.452 e. The van der Waals surface area contributed by atoms with Crippen LogP contribution in [-0.4, -0.2) is 32.5 Å². The number of methoxy groups -OCH3 is 1. The van der Waals surface area contributed by atoms with E-state index >= 15 is 0 Å². The van der Waals surface area contributed by atoms with Crippen LogP contribution in [0, 0.1) is 0 Å². The predicted molar refractivity (Wildman–Crippen MR) is 62.6 cm³/mol. The van der Waals surface area contributed by atoms with E-state index in [4.69, 9.17) is 0 Å². The van der Waals surface area contributed by atoms with Crippen LogP contribution in [0.5, 0.6) is 0 Å². The molecule has 1 saturated carbocycles. The molecule has 0 saturated heterocycles. The molecule has 0 atom stereocenters. The molecule has 16 heavy (non-hydrogen) atoms. The number of alkyl halides is 1. The second-order valence-electron chi connectivity index (χ2n) is 3.66. The second-order valence-corrected chi connectivity index (χ2v) is 6.41. The minimum absolute atomic E-state index is 0.115. The van der Waals surface area contributed by atoms with Gasteiger partial charge >= 0.3 is 16.3 Å². The van der Waals surface area contributed by atoms with E-state index in [1.807, 2.05) is 0 Å². The number of amides is 1.